The van der Waals surface area contributed by atoms with Crippen LogP contribution in [0.1, 0.15) is 10.4 Å². The molecule has 0 bridgehead atoms. The highest BCUT2D eigenvalue weighted by Gasteiger charge is 2.13. The van der Waals surface area contributed by atoms with E-state index in [0.29, 0.717) is 0 Å². The zero-order valence-corrected chi connectivity index (χ0v) is 7.93. The summed E-state index contributed by atoms with van der Waals surface area (Å²) in [6.45, 7) is 0. The topological polar surface area (TPSA) is 64.3 Å². The van der Waals surface area contributed by atoms with Gasteiger partial charge in [-0.3, -0.25) is 0 Å². The zero-order chi connectivity index (χ0) is 10.7. The second-order valence-electron chi connectivity index (χ2n) is 2.66. The number of anilines is 2. The minimum absolute atomic E-state index is 0.0315. The van der Waals surface area contributed by atoms with E-state index in [1.165, 1.54) is 13.2 Å². The van der Waals surface area contributed by atoms with E-state index in [1.807, 2.05) is 0 Å². The molecule has 0 amide bonds. The van der Waals surface area contributed by atoms with Crippen LogP contribution in [0.4, 0.5) is 15.8 Å². The summed E-state index contributed by atoms with van der Waals surface area (Å²) < 4.78 is 17.6. The lowest BCUT2D eigenvalue weighted by Crippen LogP contribution is -2.07. The summed E-state index contributed by atoms with van der Waals surface area (Å²) in [6.07, 6.45) is 0. The highest BCUT2D eigenvalue weighted by atomic mass is 19.1. The van der Waals surface area contributed by atoms with Crippen molar-refractivity contribution in [1.82, 2.24) is 0 Å². The normalized spacial score (nSPS) is 9.64. The van der Waals surface area contributed by atoms with Crippen LogP contribution >= 0.6 is 0 Å². The molecule has 0 spiro atoms. The molecule has 0 unspecified atom stereocenters. The summed E-state index contributed by atoms with van der Waals surface area (Å²) in [4.78, 5) is 11.1. The summed E-state index contributed by atoms with van der Waals surface area (Å²) in [6, 6.07) is 2.40. The van der Waals surface area contributed by atoms with Gasteiger partial charge in [0.1, 0.15) is 5.82 Å². The van der Waals surface area contributed by atoms with Crippen molar-refractivity contribution in [2.45, 2.75) is 0 Å². The average Bonchev–Trinajstić information content (AvgIpc) is 2.19. The van der Waals surface area contributed by atoms with Crippen molar-refractivity contribution >= 4 is 17.3 Å². The number of hydrogen-bond acceptors (Lipinski definition) is 4. The van der Waals surface area contributed by atoms with Gasteiger partial charge in [-0.1, -0.05) is 0 Å². The minimum atomic E-state index is -0.649. The Labute approximate surface area is 80.9 Å². The van der Waals surface area contributed by atoms with Crippen LogP contribution in [-0.4, -0.2) is 20.1 Å². The van der Waals surface area contributed by atoms with Crippen molar-refractivity contribution < 1.29 is 13.9 Å². The van der Waals surface area contributed by atoms with E-state index in [9.17, 15) is 9.18 Å². The van der Waals surface area contributed by atoms with Crippen molar-refractivity contribution in [3.8, 4) is 0 Å². The molecule has 0 aliphatic rings. The zero-order valence-electron chi connectivity index (χ0n) is 7.93. The number of nitrogens with two attached hydrogens (primary N) is 1. The Hall–Kier alpha value is -1.78. The van der Waals surface area contributed by atoms with Crippen LogP contribution < -0.4 is 11.1 Å². The van der Waals surface area contributed by atoms with Gasteiger partial charge in [0.15, 0.2) is 0 Å². The van der Waals surface area contributed by atoms with Crippen molar-refractivity contribution in [2.75, 3.05) is 25.2 Å². The Morgan fingerprint density at radius 1 is 1.57 bits per heavy atom. The molecule has 1 aromatic carbocycles. The molecule has 5 heteroatoms. The van der Waals surface area contributed by atoms with Gasteiger partial charge in [-0.05, 0) is 12.1 Å². The molecule has 0 heterocycles. The van der Waals surface area contributed by atoms with Crippen LogP contribution in [0.25, 0.3) is 0 Å². The second kappa shape index (κ2) is 3.95. The maximum atomic E-state index is 13.2. The molecule has 76 valence electrons. The van der Waals surface area contributed by atoms with Gasteiger partial charge in [-0.15, -0.1) is 0 Å². The molecule has 0 saturated carbocycles. The van der Waals surface area contributed by atoms with E-state index >= 15 is 0 Å². The Morgan fingerprint density at radius 2 is 2.21 bits per heavy atom. The van der Waals surface area contributed by atoms with Crippen molar-refractivity contribution in [2.24, 2.45) is 0 Å². The van der Waals surface area contributed by atoms with E-state index in [1.54, 1.807) is 7.05 Å². The fourth-order valence-electron chi connectivity index (χ4n) is 1.07. The average molecular weight is 198 g/mol. The predicted octanol–water partition coefficient (Wildman–Crippen LogP) is 1.24. The molecule has 0 saturated heterocycles. The van der Waals surface area contributed by atoms with Crippen molar-refractivity contribution in [3.05, 3.63) is 23.5 Å². The number of nitrogen functional groups attached to an aromatic ring is 1. The lowest BCUT2D eigenvalue weighted by Gasteiger charge is -2.07. The molecule has 4 nitrogen and oxygen atoms in total. The highest BCUT2D eigenvalue weighted by Crippen LogP contribution is 2.22. The number of carbonyl (C=O) groups is 1. The van der Waals surface area contributed by atoms with Crippen LogP contribution in [0.5, 0.6) is 0 Å². The fraction of sp³-hybridized carbons (Fsp3) is 0.222. The number of rotatable bonds is 2. The Bertz CT molecular complexity index is 366. The van der Waals surface area contributed by atoms with Crippen LogP contribution in [0, 0.1) is 5.82 Å². The molecule has 0 fully saturated rings. The third-order valence-corrected chi connectivity index (χ3v) is 1.81. The van der Waals surface area contributed by atoms with Crippen LogP contribution in [0.3, 0.4) is 0 Å². The molecular formula is C9H11FN2O2. The van der Waals surface area contributed by atoms with Gasteiger partial charge in [0.25, 0.3) is 0 Å². The molecule has 14 heavy (non-hydrogen) atoms. The Balaban J connectivity index is 3.21. The molecule has 0 aliphatic carbocycles. The first kappa shape index (κ1) is 10.3. The van der Waals surface area contributed by atoms with Gasteiger partial charge in [-0.25, -0.2) is 9.18 Å². The second-order valence-corrected chi connectivity index (χ2v) is 2.66. The molecule has 0 radical (unpaired) electrons. The smallest absolute Gasteiger partial charge is 0.340 e. The van der Waals surface area contributed by atoms with Gasteiger partial charge >= 0.3 is 5.97 Å². The molecule has 1 rings (SSSR count). The number of halogens is 1. The van der Waals surface area contributed by atoms with Gasteiger partial charge < -0.3 is 15.8 Å². The first-order valence-corrected chi connectivity index (χ1v) is 3.95. The van der Waals surface area contributed by atoms with Crippen molar-refractivity contribution in [1.29, 1.82) is 0 Å². The van der Waals surface area contributed by atoms with E-state index < -0.39 is 11.8 Å². The van der Waals surface area contributed by atoms with Gasteiger partial charge in [0.05, 0.1) is 18.4 Å². The molecule has 0 aromatic heterocycles. The fourth-order valence-corrected chi connectivity index (χ4v) is 1.07. The van der Waals surface area contributed by atoms with E-state index in [-0.39, 0.29) is 16.9 Å². The summed E-state index contributed by atoms with van der Waals surface area (Å²) >= 11 is 0. The maximum absolute atomic E-state index is 13.2. The first-order chi connectivity index (χ1) is 6.60. The lowest BCUT2D eigenvalue weighted by atomic mass is 10.1. The molecule has 0 aliphatic heterocycles. The van der Waals surface area contributed by atoms with Crippen LogP contribution in [0.2, 0.25) is 0 Å². The lowest BCUT2D eigenvalue weighted by molar-refractivity contribution is 0.0601. The third-order valence-electron chi connectivity index (χ3n) is 1.81. The summed E-state index contributed by atoms with van der Waals surface area (Å²) in [7, 11) is 2.78. The first-order valence-electron chi connectivity index (χ1n) is 3.95. The SMILES string of the molecule is CNc1cc(N)c(C(=O)OC)cc1F. The summed E-state index contributed by atoms with van der Waals surface area (Å²) in [5.41, 5.74) is 5.99. The largest absolute Gasteiger partial charge is 0.465 e. The van der Waals surface area contributed by atoms with Crippen LogP contribution in [0.15, 0.2) is 12.1 Å². The number of esters is 1. The molecular weight excluding hydrogens is 187 g/mol. The molecule has 3 N–H and O–H groups in total. The van der Waals surface area contributed by atoms with E-state index in [0.717, 1.165) is 6.07 Å². The summed E-state index contributed by atoms with van der Waals surface area (Å²) in [5, 5.41) is 2.61. The number of nitrogens with one attached hydrogen (secondary N) is 1. The van der Waals surface area contributed by atoms with E-state index in [2.05, 4.69) is 10.1 Å². The van der Waals surface area contributed by atoms with E-state index in [4.69, 9.17) is 5.73 Å². The van der Waals surface area contributed by atoms with Gasteiger partial charge in [0.2, 0.25) is 0 Å². The third kappa shape index (κ3) is 1.76. The van der Waals surface area contributed by atoms with Crippen LogP contribution in [-0.2, 0) is 4.74 Å². The summed E-state index contributed by atoms with van der Waals surface area (Å²) in [5.74, 6) is -1.19. The minimum Gasteiger partial charge on any atom is -0.465 e. The number of ether oxygens (including phenoxy) is 1. The van der Waals surface area contributed by atoms with Gasteiger partial charge in [-0.2, -0.15) is 0 Å². The maximum Gasteiger partial charge on any atom is 0.340 e. The van der Waals surface area contributed by atoms with Crippen molar-refractivity contribution in [3.63, 3.8) is 0 Å². The highest BCUT2D eigenvalue weighted by molar-refractivity contribution is 5.95. The number of hydrogen-bond donors (Lipinski definition) is 2. The predicted molar refractivity (Wildman–Crippen MR) is 51.7 cm³/mol. The molecule has 1 aromatic rings. The Morgan fingerprint density at radius 3 is 2.71 bits per heavy atom. The van der Waals surface area contributed by atoms with Gasteiger partial charge in [0, 0.05) is 12.7 Å². The Kier molecular flexibility index (Phi) is 2.91. The number of benzene rings is 1. The number of carbonyl (C=O) groups excluding carboxylic acids is 1. The standard InChI is InChI=1S/C9H11FN2O2/c1-12-8-4-7(11)5(3-6(8)10)9(13)14-2/h3-4,12H,11H2,1-2H3. The number of methoxy groups -OCH3 is 1. The monoisotopic (exact) mass is 198 g/mol. The quantitative estimate of drug-likeness (QED) is 0.554. The molecule has 0 atom stereocenters.